The van der Waals surface area contributed by atoms with Crippen LogP contribution in [0.4, 0.5) is 0 Å². The van der Waals surface area contributed by atoms with Crippen molar-refractivity contribution in [3.05, 3.63) is 23.4 Å². The third-order valence-electron chi connectivity index (χ3n) is 3.17. The first kappa shape index (κ1) is 9.78. The summed E-state index contributed by atoms with van der Waals surface area (Å²) in [5.41, 5.74) is 2.86. The van der Waals surface area contributed by atoms with Crippen LogP contribution in [0.1, 0.15) is 26.2 Å². The van der Waals surface area contributed by atoms with Gasteiger partial charge in [0, 0.05) is 12.2 Å². The van der Waals surface area contributed by atoms with Gasteiger partial charge in [0.2, 0.25) is 0 Å². The predicted molar refractivity (Wildman–Crippen MR) is 60.1 cm³/mol. The summed E-state index contributed by atoms with van der Waals surface area (Å²) in [5, 5.41) is 6.81. The molecule has 0 aliphatic carbocycles. The van der Waals surface area contributed by atoms with Crippen molar-refractivity contribution in [1.29, 1.82) is 0 Å². The molecule has 2 heterocycles. The number of allylic oxidation sites excluding steroid dienone is 3. The molecule has 2 rings (SSSR count). The molecule has 0 amide bonds. The van der Waals surface area contributed by atoms with E-state index < -0.39 is 0 Å². The molecule has 0 aromatic carbocycles. The standard InChI is InChI=1S/C12H20N2/c1-10-2-3-12(9-14-10)8-11-4-6-13-7-5-11/h2-3,11,13-14H,4-9H2,1H3. The Morgan fingerprint density at radius 2 is 2.07 bits per heavy atom. The molecule has 0 saturated carbocycles. The first-order valence-corrected chi connectivity index (χ1v) is 5.65. The highest BCUT2D eigenvalue weighted by Gasteiger charge is 2.15. The minimum atomic E-state index is 0.913. The molecule has 0 spiro atoms. The topological polar surface area (TPSA) is 24.1 Å². The molecule has 14 heavy (non-hydrogen) atoms. The number of rotatable bonds is 2. The quantitative estimate of drug-likeness (QED) is 0.697. The van der Waals surface area contributed by atoms with Gasteiger partial charge in [-0.3, -0.25) is 0 Å². The van der Waals surface area contributed by atoms with Crippen molar-refractivity contribution in [2.24, 2.45) is 5.92 Å². The van der Waals surface area contributed by atoms with E-state index in [2.05, 4.69) is 29.7 Å². The zero-order chi connectivity index (χ0) is 9.80. The molecule has 0 atom stereocenters. The Kier molecular flexibility index (Phi) is 3.25. The average molecular weight is 192 g/mol. The summed E-state index contributed by atoms with van der Waals surface area (Å²) in [6.45, 7) is 5.60. The van der Waals surface area contributed by atoms with Crippen LogP contribution in [0.5, 0.6) is 0 Å². The van der Waals surface area contributed by atoms with Crippen LogP contribution in [0.3, 0.4) is 0 Å². The van der Waals surface area contributed by atoms with Gasteiger partial charge in [-0.1, -0.05) is 11.6 Å². The van der Waals surface area contributed by atoms with Gasteiger partial charge in [0.1, 0.15) is 0 Å². The second kappa shape index (κ2) is 4.65. The molecule has 2 nitrogen and oxygen atoms in total. The summed E-state index contributed by atoms with van der Waals surface area (Å²) in [5.74, 6) is 0.913. The number of dihydropyridines is 1. The molecule has 0 bridgehead atoms. The summed E-state index contributed by atoms with van der Waals surface area (Å²) in [7, 11) is 0. The van der Waals surface area contributed by atoms with Crippen LogP contribution in [-0.4, -0.2) is 19.6 Å². The van der Waals surface area contributed by atoms with Crippen LogP contribution in [0.2, 0.25) is 0 Å². The molecule has 0 aromatic rings. The lowest BCUT2D eigenvalue weighted by atomic mass is 9.90. The molecule has 2 heteroatoms. The Balaban J connectivity index is 1.84. The molecular formula is C12H20N2. The summed E-state index contributed by atoms with van der Waals surface area (Å²) < 4.78 is 0. The minimum Gasteiger partial charge on any atom is -0.385 e. The van der Waals surface area contributed by atoms with Crippen molar-refractivity contribution in [1.82, 2.24) is 10.6 Å². The highest BCUT2D eigenvalue weighted by molar-refractivity contribution is 5.23. The van der Waals surface area contributed by atoms with Crippen LogP contribution in [0, 0.1) is 5.92 Å². The van der Waals surface area contributed by atoms with Crippen molar-refractivity contribution < 1.29 is 0 Å². The zero-order valence-corrected chi connectivity index (χ0v) is 8.97. The van der Waals surface area contributed by atoms with Gasteiger partial charge in [-0.05, 0) is 51.3 Å². The lowest BCUT2D eigenvalue weighted by Gasteiger charge is -2.25. The fraction of sp³-hybridized carbons (Fsp3) is 0.667. The van der Waals surface area contributed by atoms with Gasteiger partial charge in [0.05, 0.1) is 0 Å². The molecule has 0 aromatic heterocycles. The van der Waals surface area contributed by atoms with E-state index in [1.807, 2.05) is 0 Å². The van der Waals surface area contributed by atoms with Crippen molar-refractivity contribution in [3.8, 4) is 0 Å². The van der Waals surface area contributed by atoms with E-state index in [4.69, 9.17) is 0 Å². The van der Waals surface area contributed by atoms with Crippen LogP contribution >= 0.6 is 0 Å². The van der Waals surface area contributed by atoms with Gasteiger partial charge in [0.15, 0.2) is 0 Å². The fourth-order valence-electron chi connectivity index (χ4n) is 2.21. The second-order valence-corrected chi connectivity index (χ2v) is 4.43. The monoisotopic (exact) mass is 192 g/mol. The molecule has 78 valence electrons. The third-order valence-corrected chi connectivity index (χ3v) is 3.17. The minimum absolute atomic E-state index is 0.913. The lowest BCUT2D eigenvalue weighted by Crippen LogP contribution is -2.29. The highest BCUT2D eigenvalue weighted by atomic mass is 14.9. The number of hydrogen-bond donors (Lipinski definition) is 2. The SMILES string of the molecule is CC1=CC=C(CC2CCNCC2)CN1. The lowest BCUT2D eigenvalue weighted by molar-refractivity contribution is 0.369. The maximum absolute atomic E-state index is 3.41. The van der Waals surface area contributed by atoms with E-state index in [0.717, 1.165) is 12.5 Å². The normalized spacial score (nSPS) is 23.8. The van der Waals surface area contributed by atoms with Crippen LogP contribution in [0.25, 0.3) is 0 Å². The molecule has 2 N–H and O–H groups in total. The van der Waals surface area contributed by atoms with E-state index in [1.54, 1.807) is 5.57 Å². The van der Waals surface area contributed by atoms with Crippen molar-refractivity contribution in [3.63, 3.8) is 0 Å². The van der Waals surface area contributed by atoms with Gasteiger partial charge in [-0.15, -0.1) is 0 Å². The Labute approximate surface area is 86.5 Å². The van der Waals surface area contributed by atoms with Crippen LogP contribution in [0.15, 0.2) is 23.4 Å². The fourth-order valence-corrected chi connectivity index (χ4v) is 2.21. The number of piperidine rings is 1. The third kappa shape index (κ3) is 2.61. The van der Waals surface area contributed by atoms with Gasteiger partial charge < -0.3 is 10.6 Å². The Morgan fingerprint density at radius 3 is 2.71 bits per heavy atom. The van der Waals surface area contributed by atoms with Gasteiger partial charge in [-0.25, -0.2) is 0 Å². The molecular weight excluding hydrogens is 172 g/mol. The van der Waals surface area contributed by atoms with Crippen molar-refractivity contribution >= 4 is 0 Å². The molecule has 1 saturated heterocycles. The van der Waals surface area contributed by atoms with Crippen LogP contribution < -0.4 is 10.6 Å². The zero-order valence-electron chi connectivity index (χ0n) is 8.97. The van der Waals surface area contributed by atoms with E-state index in [1.165, 1.54) is 38.0 Å². The van der Waals surface area contributed by atoms with Crippen molar-refractivity contribution in [2.45, 2.75) is 26.2 Å². The summed E-state index contributed by atoms with van der Waals surface area (Å²) in [6, 6.07) is 0. The molecule has 2 aliphatic rings. The highest BCUT2D eigenvalue weighted by Crippen LogP contribution is 2.21. The molecule has 0 unspecified atom stereocenters. The van der Waals surface area contributed by atoms with Crippen molar-refractivity contribution in [2.75, 3.05) is 19.6 Å². The van der Waals surface area contributed by atoms with Gasteiger partial charge in [-0.2, -0.15) is 0 Å². The summed E-state index contributed by atoms with van der Waals surface area (Å²) in [4.78, 5) is 0. The van der Waals surface area contributed by atoms with Crippen LogP contribution in [-0.2, 0) is 0 Å². The maximum atomic E-state index is 3.41. The Hall–Kier alpha value is -0.760. The smallest absolute Gasteiger partial charge is 0.0360 e. The van der Waals surface area contributed by atoms with Gasteiger partial charge >= 0.3 is 0 Å². The van der Waals surface area contributed by atoms with E-state index in [-0.39, 0.29) is 0 Å². The first-order chi connectivity index (χ1) is 6.84. The second-order valence-electron chi connectivity index (χ2n) is 4.43. The van der Waals surface area contributed by atoms with E-state index in [0.29, 0.717) is 0 Å². The Bertz CT molecular complexity index is 247. The number of nitrogens with one attached hydrogen (secondary N) is 2. The summed E-state index contributed by atoms with van der Waals surface area (Å²) in [6.07, 6.45) is 8.48. The molecule has 0 radical (unpaired) electrons. The van der Waals surface area contributed by atoms with E-state index in [9.17, 15) is 0 Å². The number of hydrogen-bond acceptors (Lipinski definition) is 2. The van der Waals surface area contributed by atoms with E-state index >= 15 is 0 Å². The average Bonchev–Trinajstić information content (AvgIpc) is 2.23. The summed E-state index contributed by atoms with van der Waals surface area (Å²) >= 11 is 0. The maximum Gasteiger partial charge on any atom is 0.0360 e. The predicted octanol–water partition coefficient (Wildman–Crippen LogP) is 1.81. The Morgan fingerprint density at radius 1 is 1.29 bits per heavy atom. The first-order valence-electron chi connectivity index (χ1n) is 5.65. The van der Waals surface area contributed by atoms with Gasteiger partial charge in [0.25, 0.3) is 0 Å². The molecule has 2 aliphatic heterocycles. The molecule has 1 fully saturated rings. The largest absolute Gasteiger partial charge is 0.385 e.